The van der Waals surface area contributed by atoms with Gasteiger partial charge in [-0.2, -0.15) is 0 Å². The first-order valence-electron chi connectivity index (χ1n) is 11.8. The van der Waals surface area contributed by atoms with E-state index in [4.69, 9.17) is 9.47 Å². The smallest absolute Gasteiger partial charge is 0.425 e. The molecule has 3 N–H and O–H groups in total. The van der Waals surface area contributed by atoms with E-state index < -0.39 is 30.1 Å². The number of phenolic OH excluding ortho intramolecular Hbond substituents is 1. The Hall–Kier alpha value is -4.37. The summed E-state index contributed by atoms with van der Waals surface area (Å²) in [5.41, 5.74) is 4.68. The zero-order chi connectivity index (χ0) is 26.6. The Labute approximate surface area is 215 Å². The Bertz CT molecular complexity index is 1170. The van der Waals surface area contributed by atoms with E-state index in [9.17, 15) is 24.6 Å². The van der Waals surface area contributed by atoms with Crippen molar-refractivity contribution >= 4 is 18.0 Å². The van der Waals surface area contributed by atoms with Crippen LogP contribution in [0.15, 0.2) is 84.9 Å². The summed E-state index contributed by atoms with van der Waals surface area (Å²) in [4.78, 5) is 38.5. The molecule has 9 heteroatoms. The van der Waals surface area contributed by atoms with E-state index in [-0.39, 0.29) is 31.8 Å². The third-order valence-electron chi connectivity index (χ3n) is 5.49. The van der Waals surface area contributed by atoms with Gasteiger partial charge in [-0.15, -0.1) is 0 Å². The monoisotopic (exact) mass is 506 g/mol. The van der Waals surface area contributed by atoms with Crippen LogP contribution in [0.3, 0.4) is 0 Å². The van der Waals surface area contributed by atoms with Crippen LogP contribution in [0.1, 0.15) is 23.6 Å². The number of carbonyl (C=O) groups is 3. The molecule has 194 valence electrons. The maximum Gasteiger partial charge on any atom is 0.425 e. The predicted molar refractivity (Wildman–Crippen MR) is 135 cm³/mol. The van der Waals surface area contributed by atoms with Crippen LogP contribution >= 0.6 is 0 Å². The summed E-state index contributed by atoms with van der Waals surface area (Å²) in [6.45, 7) is 1.64. The Kier molecular flexibility index (Phi) is 10.0. The molecule has 9 nitrogen and oxygen atoms in total. The molecule has 1 amide bonds. The van der Waals surface area contributed by atoms with Gasteiger partial charge in [-0.1, -0.05) is 72.8 Å². The molecule has 0 aliphatic rings. The van der Waals surface area contributed by atoms with Crippen molar-refractivity contribution < 1.29 is 34.1 Å². The number of carbonyl (C=O) groups excluding carboxylic acids is 2. The lowest BCUT2D eigenvalue weighted by Crippen LogP contribution is -2.59. The molecule has 0 unspecified atom stereocenters. The Morgan fingerprint density at radius 3 is 2.05 bits per heavy atom. The molecule has 0 fully saturated rings. The molecule has 0 heterocycles. The van der Waals surface area contributed by atoms with Gasteiger partial charge in [0, 0.05) is 12.8 Å². The van der Waals surface area contributed by atoms with E-state index in [1.165, 1.54) is 12.1 Å². The van der Waals surface area contributed by atoms with Crippen LogP contribution in [0.4, 0.5) is 4.79 Å². The number of aliphatic carboxylic acids is 1. The minimum Gasteiger partial charge on any atom is -0.508 e. The highest BCUT2D eigenvalue weighted by molar-refractivity contribution is 5.82. The van der Waals surface area contributed by atoms with Gasteiger partial charge in [0.2, 0.25) is 0 Å². The van der Waals surface area contributed by atoms with Gasteiger partial charge in [0.25, 0.3) is 0 Å². The third-order valence-corrected chi connectivity index (χ3v) is 5.49. The number of ether oxygens (including phenoxy) is 2. The minimum atomic E-state index is -1.32. The zero-order valence-electron chi connectivity index (χ0n) is 20.4. The summed E-state index contributed by atoms with van der Waals surface area (Å²) in [7, 11) is 0. The number of nitrogens with one attached hydrogen (secondary N) is 1. The lowest BCUT2D eigenvalue weighted by atomic mass is 10.0. The van der Waals surface area contributed by atoms with Gasteiger partial charge in [0.1, 0.15) is 18.4 Å². The molecule has 37 heavy (non-hydrogen) atoms. The van der Waals surface area contributed by atoms with E-state index in [2.05, 4.69) is 5.43 Å². The number of amides is 1. The number of aromatic hydroxyl groups is 1. The Morgan fingerprint density at radius 1 is 0.838 bits per heavy atom. The molecule has 3 aromatic rings. The average molecular weight is 507 g/mol. The zero-order valence-corrected chi connectivity index (χ0v) is 20.4. The second kappa shape index (κ2) is 13.6. The topological polar surface area (TPSA) is 125 Å². The summed E-state index contributed by atoms with van der Waals surface area (Å²) in [5, 5.41) is 20.6. The lowest BCUT2D eigenvalue weighted by Gasteiger charge is -2.32. The highest BCUT2D eigenvalue weighted by atomic mass is 16.6. The van der Waals surface area contributed by atoms with Crippen molar-refractivity contribution in [1.82, 2.24) is 10.4 Å². The largest absolute Gasteiger partial charge is 0.508 e. The van der Waals surface area contributed by atoms with Crippen molar-refractivity contribution in [3.05, 3.63) is 102 Å². The fourth-order valence-corrected chi connectivity index (χ4v) is 3.69. The number of phenols is 1. The number of nitrogens with zero attached hydrogens (tertiary/aromatic N) is 1. The van der Waals surface area contributed by atoms with E-state index in [1.807, 2.05) is 12.1 Å². The van der Waals surface area contributed by atoms with Crippen molar-refractivity contribution in [2.45, 2.75) is 38.5 Å². The quantitative estimate of drug-likeness (QED) is 0.251. The van der Waals surface area contributed by atoms with Crippen LogP contribution in [-0.2, 0) is 38.5 Å². The fraction of sp³-hybridized carbons (Fsp3) is 0.250. The minimum absolute atomic E-state index is 0.0192. The molecule has 0 spiro atoms. The predicted octanol–water partition coefficient (Wildman–Crippen LogP) is 3.71. The number of esters is 1. The number of carboxylic acids is 1. The van der Waals surface area contributed by atoms with Crippen molar-refractivity contribution in [2.24, 2.45) is 0 Å². The van der Waals surface area contributed by atoms with Crippen LogP contribution in [0.25, 0.3) is 0 Å². The third kappa shape index (κ3) is 8.36. The molecule has 0 bridgehead atoms. The van der Waals surface area contributed by atoms with E-state index in [0.29, 0.717) is 5.56 Å². The normalized spacial score (nSPS) is 12.2. The second-order valence-corrected chi connectivity index (χ2v) is 8.26. The first-order valence-corrected chi connectivity index (χ1v) is 11.8. The Morgan fingerprint density at radius 2 is 1.46 bits per heavy atom. The molecule has 0 aliphatic heterocycles. The van der Waals surface area contributed by atoms with Crippen LogP contribution in [-0.4, -0.2) is 51.9 Å². The molecular formula is C28H30N2O7. The van der Waals surface area contributed by atoms with E-state index in [0.717, 1.165) is 16.1 Å². The lowest BCUT2D eigenvalue weighted by molar-refractivity contribution is -0.152. The van der Waals surface area contributed by atoms with E-state index in [1.54, 1.807) is 67.6 Å². The van der Waals surface area contributed by atoms with Gasteiger partial charge in [0.05, 0.1) is 6.61 Å². The molecule has 2 atom stereocenters. The van der Waals surface area contributed by atoms with Crippen LogP contribution in [0.5, 0.6) is 5.75 Å². The van der Waals surface area contributed by atoms with Gasteiger partial charge in [-0.25, -0.2) is 20.0 Å². The average Bonchev–Trinajstić information content (AvgIpc) is 2.90. The first-order chi connectivity index (χ1) is 17.9. The molecule has 0 saturated carbocycles. The van der Waals surface area contributed by atoms with Crippen molar-refractivity contribution in [3.8, 4) is 5.75 Å². The number of rotatable bonds is 12. The fourth-order valence-electron chi connectivity index (χ4n) is 3.69. The van der Waals surface area contributed by atoms with E-state index >= 15 is 0 Å². The van der Waals surface area contributed by atoms with Gasteiger partial charge in [-0.3, -0.25) is 4.79 Å². The van der Waals surface area contributed by atoms with Gasteiger partial charge in [-0.05, 0) is 35.7 Å². The first kappa shape index (κ1) is 27.2. The SMILES string of the molecule is CCOC(=O)[C@H](Cc1ccccc1)N(N[C@@H](Cc1cccc(O)c1)C(=O)O)C(=O)OCc1ccccc1. The summed E-state index contributed by atoms with van der Waals surface area (Å²) >= 11 is 0. The highest BCUT2D eigenvalue weighted by Gasteiger charge is 2.36. The van der Waals surface area contributed by atoms with Crippen molar-refractivity contribution in [2.75, 3.05) is 6.61 Å². The molecule has 0 aliphatic carbocycles. The standard InChI is InChI=1S/C28H30N2O7/c1-2-36-27(34)25(18-20-10-5-3-6-11-20)30(28(35)37-19-21-12-7-4-8-13-21)29-24(26(32)33)17-22-14-9-15-23(31)16-22/h3-16,24-25,29,31H,2,17-19H2,1H3,(H,32,33)/t24-,25-/m0/s1. The molecule has 0 aromatic heterocycles. The van der Waals surface area contributed by atoms with Gasteiger partial charge >= 0.3 is 18.0 Å². The highest BCUT2D eigenvalue weighted by Crippen LogP contribution is 2.16. The number of hydrazine groups is 1. The second-order valence-electron chi connectivity index (χ2n) is 8.26. The number of benzene rings is 3. The number of hydrogen-bond acceptors (Lipinski definition) is 7. The van der Waals surface area contributed by atoms with Crippen LogP contribution in [0.2, 0.25) is 0 Å². The molecule has 3 aromatic carbocycles. The Balaban J connectivity index is 1.92. The van der Waals surface area contributed by atoms with Gasteiger partial charge in [0.15, 0.2) is 6.04 Å². The molecule has 0 saturated heterocycles. The molecule has 0 radical (unpaired) electrons. The van der Waals surface area contributed by atoms with Crippen molar-refractivity contribution in [3.63, 3.8) is 0 Å². The maximum absolute atomic E-state index is 13.3. The summed E-state index contributed by atoms with van der Waals surface area (Å²) in [6, 6.07) is 21.6. The summed E-state index contributed by atoms with van der Waals surface area (Å²) < 4.78 is 10.7. The summed E-state index contributed by atoms with van der Waals surface area (Å²) in [5.74, 6) is -1.99. The number of hydrogen-bond donors (Lipinski definition) is 3. The summed E-state index contributed by atoms with van der Waals surface area (Å²) in [6.07, 6.45) is -0.946. The number of carboxylic acid groups (broad SMARTS) is 1. The van der Waals surface area contributed by atoms with Crippen LogP contribution < -0.4 is 5.43 Å². The van der Waals surface area contributed by atoms with Crippen molar-refractivity contribution in [1.29, 1.82) is 0 Å². The molecular weight excluding hydrogens is 476 g/mol. The van der Waals surface area contributed by atoms with Gasteiger partial charge < -0.3 is 19.7 Å². The molecule has 3 rings (SSSR count). The van der Waals surface area contributed by atoms with Crippen LogP contribution in [0, 0.1) is 0 Å². The maximum atomic E-state index is 13.3.